The van der Waals surface area contributed by atoms with Crippen molar-refractivity contribution in [2.75, 3.05) is 6.35 Å². The van der Waals surface area contributed by atoms with E-state index in [2.05, 4.69) is 56.4 Å². The van der Waals surface area contributed by atoms with Crippen molar-refractivity contribution in [3.63, 3.8) is 0 Å². The molecule has 0 radical (unpaired) electrons. The molecule has 2 aliphatic rings. The molecule has 1 fully saturated rings. The topological polar surface area (TPSA) is 122 Å². The summed E-state index contributed by atoms with van der Waals surface area (Å²) in [5, 5.41) is 6.05. The van der Waals surface area contributed by atoms with Crippen LogP contribution in [-0.4, -0.2) is 50.8 Å². The molecule has 2 aromatic heterocycles. The van der Waals surface area contributed by atoms with Crippen LogP contribution in [0.4, 0.5) is 10.2 Å². The van der Waals surface area contributed by atoms with Crippen LogP contribution in [0, 0.1) is 0 Å². The fourth-order valence-corrected chi connectivity index (χ4v) is 10.2. The molecule has 0 amide bonds. The van der Waals surface area contributed by atoms with Gasteiger partial charge in [-0.05, 0) is 13.8 Å². The third-order valence-electron chi connectivity index (χ3n) is 7.85. The molecule has 0 saturated carbocycles. The predicted octanol–water partition coefficient (Wildman–Crippen LogP) is 5.49. The van der Waals surface area contributed by atoms with Crippen LogP contribution < -0.4 is 21.0 Å². The minimum Gasteiger partial charge on any atom is -0.340 e. The van der Waals surface area contributed by atoms with E-state index in [1.54, 1.807) is 13.8 Å². The highest BCUT2D eigenvalue weighted by atomic mass is 31.2. The van der Waals surface area contributed by atoms with Gasteiger partial charge in [0.25, 0.3) is 0 Å². The Bertz CT molecular complexity index is 1850. The molecule has 4 atom stereocenters. The van der Waals surface area contributed by atoms with Crippen molar-refractivity contribution >= 4 is 47.9 Å². The first-order valence-corrected chi connectivity index (χ1v) is 18.5. The zero-order valence-electron chi connectivity index (χ0n) is 25.6. The number of hydrogen-bond acceptors (Lipinski definition) is 9. The van der Waals surface area contributed by atoms with Crippen molar-refractivity contribution < 1.29 is 27.9 Å². The van der Waals surface area contributed by atoms with Gasteiger partial charge in [-0.25, -0.2) is 24.1 Å². The number of nitrogens with zero attached hydrogens (tertiary/aromatic N) is 5. The van der Waals surface area contributed by atoms with E-state index in [4.69, 9.17) is 23.7 Å². The Morgan fingerprint density at radius 3 is 2.11 bits per heavy atom. The second-order valence-electron chi connectivity index (χ2n) is 11.0. The van der Waals surface area contributed by atoms with Crippen molar-refractivity contribution in [1.82, 2.24) is 24.6 Å². The largest absolute Gasteiger partial charge is 0.340 e. The van der Waals surface area contributed by atoms with Gasteiger partial charge in [-0.1, -0.05) is 91.0 Å². The van der Waals surface area contributed by atoms with Crippen LogP contribution in [0.3, 0.4) is 0 Å². The molecule has 47 heavy (non-hydrogen) atoms. The molecule has 0 aliphatic carbocycles. The van der Waals surface area contributed by atoms with E-state index in [9.17, 15) is 4.57 Å². The molecule has 0 spiro atoms. The number of benzene rings is 3. The summed E-state index contributed by atoms with van der Waals surface area (Å²) in [5.41, 5.74) is 0.748. The summed E-state index contributed by atoms with van der Waals surface area (Å²) in [7, 11) is -5.04. The molecule has 7 rings (SSSR count). The molecule has 4 heterocycles. The number of halogens is 1. The highest BCUT2D eigenvalue weighted by molar-refractivity contribution is 7.87. The van der Waals surface area contributed by atoms with Crippen LogP contribution in [0.5, 0.6) is 0 Å². The SMILES string of the molecule is CC1OC(C(C)N[PH](=O)COC2C=C(F)C(n3cnc4c(N=P(c5ccccc5)(c5ccccc5)c5ccccc5)ncnc43)O2)O1. The zero-order chi connectivity index (χ0) is 32.4. The van der Waals surface area contributed by atoms with E-state index < -0.39 is 39.6 Å². The normalized spacial score (nSPS) is 22.4. The first-order valence-electron chi connectivity index (χ1n) is 15.1. The van der Waals surface area contributed by atoms with Gasteiger partial charge < -0.3 is 23.5 Å². The lowest BCUT2D eigenvalue weighted by Gasteiger charge is -2.37. The summed E-state index contributed by atoms with van der Waals surface area (Å²) in [5.74, 6) is -0.209. The minimum atomic E-state index is -2.65. The smallest absolute Gasteiger partial charge is 0.192 e. The van der Waals surface area contributed by atoms with Gasteiger partial charge in [0.2, 0.25) is 0 Å². The predicted molar refractivity (Wildman–Crippen MR) is 179 cm³/mol. The molecular formula is C33H33FN6O5P2. The highest BCUT2D eigenvalue weighted by Gasteiger charge is 2.35. The molecule has 1 saturated heterocycles. The van der Waals surface area contributed by atoms with Crippen molar-refractivity contribution in [3.8, 4) is 0 Å². The number of aromatic nitrogens is 4. The van der Waals surface area contributed by atoms with E-state index in [1.807, 2.05) is 54.6 Å². The molecule has 4 unspecified atom stereocenters. The van der Waals surface area contributed by atoms with Crippen LogP contribution in [0.2, 0.25) is 0 Å². The van der Waals surface area contributed by atoms with Crippen LogP contribution in [0.25, 0.3) is 11.2 Å². The average molecular weight is 675 g/mol. The molecule has 14 heteroatoms. The Morgan fingerprint density at radius 1 is 0.936 bits per heavy atom. The number of fused-ring (bicyclic) bond motifs is 1. The fraction of sp³-hybridized carbons (Fsp3) is 0.242. The van der Waals surface area contributed by atoms with Crippen LogP contribution in [0.15, 0.2) is 120 Å². The standard InChI is InChI=1S/C33H33FN6O5P2/c1-22(33-43-23(2)44-33)38-46(41)21-42-28-18-27(34)32(45-28)40-20-37-29-30(35-19-36-31(29)40)39-47(24-12-6-3-7-13-24,25-14-8-4-9-15-25)26-16-10-5-11-17-26/h3-20,22-23,28,32-33,46H,21H2,1-2H3,(H,38,41). The van der Waals surface area contributed by atoms with Crippen molar-refractivity contribution in [2.24, 2.45) is 4.74 Å². The van der Waals surface area contributed by atoms with Gasteiger partial charge in [-0.2, -0.15) is 0 Å². The maximum absolute atomic E-state index is 15.3. The Kier molecular flexibility index (Phi) is 9.25. The second-order valence-corrected chi connectivity index (χ2v) is 15.5. The maximum Gasteiger partial charge on any atom is 0.192 e. The third kappa shape index (κ3) is 6.38. The van der Waals surface area contributed by atoms with Crippen molar-refractivity contribution in [1.29, 1.82) is 0 Å². The van der Waals surface area contributed by atoms with Gasteiger partial charge >= 0.3 is 0 Å². The quantitative estimate of drug-likeness (QED) is 0.181. The number of imidazole rings is 1. The number of nitrogens with one attached hydrogen (secondary N) is 1. The van der Waals surface area contributed by atoms with E-state index >= 15 is 4.39 Å². The van der Waals surface area contributed by atoms with Gasteiger partial charge in [0.15, 0.2) is 55.9 Å². The van der Waals surface area contributed by atoms with Crippen LogP contribution in [-0.2, 0) is 23.5 Å². The number of rotatable bonds is 11. The fourth-order valence-electron chi connectivity index (χ4n) is 5.65. The van der Waals surface area contributed by atoms with Gasteiger partial charge in [0, 0.05) is 22.0 Å². The summed E-state index contributed by atoms with van der Waals surface area (Å²) in [6, 6.07) is 30.2. The Hall–Kier alpha value is -3.86. The lowest BCUT2D eigenvalue weighted by molar-refractivity contribution is -0.381. The van der Waals surface area contributed by atoms with Crippen LogP contribution >= 0.6 is 15.0 Å². The molecule has 2 aliphatic heterocycles. The van der Waals surface area contributed by atoms with Gasteiger partial charge in [-0.3, -0.25) is 9.65 Å². The lowest BCUT2D eigenvalue weighted by atomic mass is 10.3. The highest BCUT2D eigenvalue weighted by Crippen LogP contribution is 2.49. The zero-order valence-corrected chi connectivity index (χ0v) is 27.5. The van der Waals surface area contributed by atoms with E-state index in [0.29, 0.717) is 17.0 Å². The number of hydrogen-bond donors (Lipinski definition) is 1. The lowest BCUT2D eigenvalue weighted by Crippen LogP contribution is -2.49. The molecule has 242 valence electrons. The molecular weight excluding hydrogens is 641 g/mol. The van der Waals surface area contributed by atoms with Crippen LogP contribution in [0.1, 0.15) is 20.1 Å². The van der Waals surface area contributed by atoms with E-state index in [0.717, 1.165) is 15.9 Å². The first-order chi connectivity index (χ1) is 22.9. The van der Waals surface area contributed by atoms with E-state index in [-0.39, 0.29) is 18.7 Å². The maximum atomic E-state index is 15.3. The Balaban J connectivity index is 1.20. The Morgan fingerprint density at radius 2 is 1.53 bits per heavy atom. The van der Waals surface area contributed by atoms with Gasteiger partial charge in [0.05, 0.1) is 19.4 Å². The molecule has 1 N–H and O–H groups in total. The van der Waals surface area contributed by atoms with E-state index in [1.165, 1.54) is 23.3 Å². The third-order valence-corrected chi connectivity index (χ3v) is 12.7. The minimum absolute atomic E-state index is 0.168. The van der Waals surface area contributed by atoms with Gasteiger partial charge in [0.1, 0.15) is 12.7 Å². The summed E-state index contributed by atoms with van der Waals surface area (Å²) in [6.45, 7) is 3.59. The van der Waals surface area contributed by atoms with Crippen molar-refractivity contribution in [3.05, 3.63) is 116 Å². The molecule has 11 nitrogen and oxygen atoms in total. The molecule has 0 bridgehead atoms. The average Bonchev–Trinajstić information content (AvgIpc) is 3.69. The van der Waals surface area contributed by atoms with Crippen molar-refractivity contribution in [2.45, 2.75) is 45.0 Å². The monoisotopic (exact) mass is 674 g/mol. The second kappa shape index (κ2) is 13.7. The summed E-state index contributed by atoms with van der Waals surface area (Å²) in [6.07, 6.45) is 0.895. The first kappa shape index (κ1) is 31.7. The molecule has 5 aromatic rings. The summed E-state index contributed by atoms with van der Waals surface area (Å²) in [4.78, 5) is 13.6. The Labute approximate surface area is 271 Å². The van der Waals surface area contributed by atoms with Gasteiger partial charge in [-0.15, -0.1) is 0 Å². The summed E-state index contributed by atoms with van der Waals surface area (Å²) >= 11 is 0. The number of ether oxygens (including phenoxy) is 4. The molecule has 3 aromatic carbocycles. The summed E-state index contributed by atoms with van der Waals surface area (Å²) < 4.78 is 57.2.